The minimum Gasteiger partial charge on any atom is -0.249 e. The molecule has 0 bridgehead atoms. The first-order valence-corrected chi connectivity index (χ1v) is 5.98. The molecule has 0 unspecified atom stereocenters. The first kappa shape index (κ1) is 10.5. The van der Waals surface area contributed by atoms with Crippen LogP contribution in [0.25, 0.3) is 0 Å². The molecule has 2 rings (SSSR count). The first-order chi connectivity index (χ1) is 7.66. The molecule has 0 saturated carbocycles. The van der Waals surface area contributed by atoms with E-state index in [-0.39, 0.29) is 10.5 Å². The molecular weight excluding hydrogens is 224 g/mol. The van der Waals surface area contributed by atoms with Crippen molar-refractivity contribution < 1.29 is 8.42 Å². The molecule has 0 N–H and O–H groups in total. The zero-order valence-electron chi connectivity index (χ0n) is 8.24. The predicted octanol–water partition coefficient (Wildman–Crippen LogP) is 1.60. The second-order valence-electron chi connectivity index (χ2n) is 3.13. The molecule has 2 aromatic rings. The van der Waals surface area contributed by atoms with E-state index < -0.39 is 10.0 Å². The molecule has 0 aliphatic rings. The van der Waals surface area contributed by atoms with Crippen LogP contribution in [0.2, 0.25) is 0 Å². The minimum absolute atomic E-state index is 0.0219. The van der Waals surface area contributed by atoms with E-state index >= 15 is 0 Å². The van der Waals surface area contributed by atoms with Crippen molar-refractivity contribution in [1.82, 2.24) is 3.97 Å². The molecule has 0 atom stereocenters. The fraction of sp³-hybridized carbons (Fsp3) is 0. The third kappa shape index (κ3) is 1.59. The van der Waals surface area contributed by atoms with Gasteiger partial charge in [-0.2, -0.15) is 5.26 Å². The van der Waals surface area contributed by atoms with Crippen LogP contribution in [0.5, 0.6) is 0 Å². The highest BCUT2D eigenvalue weighted by Gasteiger charge is 2.19. The van der Waals surface area contributed by atoms with Gasteiger partial charge in [-0.3, -0.25) is 0 Å². The molecule has 5 heteroatoms. The molecule has 0 fully saturated rings. The minimum atomic E-state index is -3.64. The Morgan fingerprint density at radius 3 is 2.31 bits per heavy atom. The van der Waals surface area contributed by atoms with Crippen LogP contribution in [-0.2, 0) is 10.0 Å². The average Bonchev–Trinajstić information content (AvgIpc) is 2.83. The zero-order chi connectivity index (χ0) is 11.6. The van der Waals surface area contributed by atoms with Crippen molar-refractivity contribution in [1.29, 1.82) is 5.26 Å². The molecule has 0 saturated heterocycles. The Morgan fingerprint density at radius 2 is 1.69 bits per heavy atom. The Morgan fingerprint density at radius 1 is 1.06 bits per heavy atom. The second-order valence-corrected chi connectivity index (χ2v) is 4.94. The maximum atomic E-state index is 12.1. The Labute approximate surface area is 93.4 Å². The van der Waals surface area contributed by atoms with Gasteiger partial charge in [-0.05, 0) is 24.3 Å². The van der Waals surface area contributed by atoms with Gasteiger partial charge in [0.1, 0.15) is 11.0 Å². The summed E-state index contributed by atoms with van der Waals surface area (Å²) in [6.07, 6.45) is 2.87. The molecule has 0 aliphatic carbocycles. The van der Waals surface area contributed by atoms with E-state index in [2.05, 4.69) is 0 Å². The molecule has 0 radical (unpaired) electrons. The van der Waals surface area contributed by atoms with Crippen molar-refractivity contribution in [2.24, 2.45) is 0 Å². The van der Waals surface area contributed by atoms with Gasteiger partial charge in [0.15, 0.2) is 0 Å². The van der Waals surface area contributed by atoms with Crippen LogP contribution in [0.15, 0.2) is 53.7 Å². The standard InChI is InChI=1S/C11H8N2O2S/c12-9-10-5-1-2-6-11(10)16(14,15)13-7-3-4-8-13/h1-8H. The number of benzene rings is 1. The summed E-state index contributed by atoms with van der Waals surface area (Å²) < 4.78 is 25.3. The molecular formula is C11H8N2O2S. The van der Waals surface area contributed by atoms with Gasteiger partial charge in [0.25, 0.3) is 10.0 Å². The van der Waals surface area contributed by atoms with Crippen LogP contribution in [0.1, 0.15) is 5.56 Å². The van der Waals surface area contributed by atoms with E-state index in [4.69, 9.17) is 5.26 Å². The van der Waals surface area contributed by atoms with Crippen molar-refractivity contribution in [2.75, 3.05) is 0 Å². The molecule has 0 amide bonds. The third-order valence-corrected chi connectivity index (χ3v) is 3.85. The fourth-order valence-corrected chi connectivity index (χ4v) is 2.71. The summed E-state index contributed by atoms with van der Waals surface area (Å²) in [5, 5.41) is 8.86. The van der Waals surface area contributed by atoms with Gasteiger partial charge < -0.3 is 0 Å². The number of hydrogen-bond acceptors (Lipinski definition) is 3. The maximum Gasteiger partial charge on any atom is 0.268 e. The zero-order valence-corrected chi connectivity index (χ0v) is 9.05. The van der Waals surface area contributed by atoms with Crippen LogP contribution in [0.4, 0.5) is 0 Å². The number of aromatic nitrogens is 1. The van der Waals surface area contributed by atoms with Gasteiger partial charge in [0.05, 0.1) is 5.56 Å². The van der Waals surface area contributed by atoms with E-state index in [1.807, 2.05) is 6.07 Å². The van der Waals surface area contributed by atoms with E-state index in [9.17, 15) is 8.42 Å². The normalized spacial score (nSPS) is 10.9. The van der Waals surface area contributed by atoms with Gasteiger partial charge in [0, 0.05) is 12.4 Å². The summed E-state index contributed by atoms with van der Waals surface area (Å²) >= 11 is 0. The van der Waals surface area contributed by atoms with E-state index in [1.165, 1.54) is 24.5 Å². The molecule has 1 heterocycles. The second kappa shape index (κ2) is 3.83. The predicted molar refractivity (Wildman–Crippen MR) is 58.2 cm³/mol. The summed E-state index contributed by atoms with van der Waals surface area (Å²) in [5.74, 6) is 0. The van der Waals surface area contributed by atoms with Crippen molar-refractivity contribution in [3.63, 3.8) is 0 Å². The van der Waals surface area contributed by atoms with Crippen LogP contribution < -0.4 is 0 Å². The first-order valence-electron chi connectivity index (χ1n) is 4.54. The van der Waals surface area contributed by atoms with Crippen LogP contribution in [0, 0.1) is 11.3 Å². The number of nitriles is 1. The molecule has 0 spiro atoms. The van der Waals surface area contributed by atoms with E-state index in [0.717, 1.165) is 3.97 Å². The lowest BCUT2D eigenvalue weighted by Crippen LogP contribution is -2.12. The topological polar surface area (TPSA) is 62.9 Å². The van der Waals surface area contributed by atoms with Crippen LogP contribution in [-0.4, -0.2) is 12.4 Å². The lowest BCUT2D eigenvalue weighted by Gasteiger charge is -2.06. The summed E-state index contributed by atoms with van der Waals surface area (Å²) in [5.41, 5.74) is 0.149. The lowest BCUT2D eigenvalue weighted by atomic mass is 10.2. The molecule has 1 aromatic heterocycles. The SMILES string of the molecule is N#Cc1ccccc1S(=O)(=O)n1cccc1. The number of hydrogen-bond donors (Lipinski definition) is 0. The molecule has 0 aliphatic heterocycles. The quantitative estimate of drug-likeness (QED) is 0.790. The Hall–Kier alpha value is -2.06. The van der Waals surface area contributed by atoms with Crippen molar-refractivity contribution >= 4 is 10.0 Å². The highest BCUT2D eigenvalue weighted by molar-refractivity contribution is 7.90. The summed E-state index contributed by atoms with van der Waals surface area (Å²) in [4.78, 5) is 0.0219. The summed E-state index contributed by atoms with van der Waals surface area (Å²) in [7, 11) is -3.64. The molecule has 4 nitrogen and oxygen atoms in total. The van der Waals surface area contributed by atoms with Crippen LogP contribution in [0.3, 0.4) is 0 Å². The van der Waals surface area contributed by atoms with Crippen molar-refractivity contribution in [3.8, 4) is 6.07 Å². The Balaban J connectivity index is 2.67. The smallest absolute Gasteiger partial charge is 0.249 e. The van der Waals surface area contributed by atoms with E-state index in [1.54, 1.807) is 24.3 Å². The van der Waals surface area contributed by atoms with Crippen molar-refractivity contribution in [3.05, 3.63) is 54.4 Å². The monoisotopic (exact) mass is 232 g/mol. The van der Waals surface area contributed by atoms with Gasteiger partial charge in [-0.25, -0.2) is 12.4 Å². The Kier molecular flexibility index (Phi) is 2.50. The van der Waals surface area contributed by atoms with E-state index in [0.29, 0.717) is 0 Å². The summed E-state index contributed by atoms with van der Waals surface area (Å²) in [6, 6.07) is 11.2. The summed E-state index contributed by atoms with van der Waals surface area (Å²) in [6.45, 7) is 0. The largest absolute Gasteiger partial charge is 0.268 e. The molecule has 16 heavy (non-hydrogen) atoms. The number of rotatable bonds is 2. The van der Waals surface area contributed by atoms with Gasteiger partial charge >= 0.3 is 0 Å². The third-order valence-electron chi connectivity index (χ3n) is 2.14. The molecule has 80 valence electrons. The van der Waals surface area contributed by atoms with Gasteiger partial charge in [0.2, 0.25) is 0 Å². The average molecular weight is 232 g/mol. The van der Waals surface area contributed by atoms with Crippen LogP contribution >= 0.6 is 0 Å². The fourth-order valence-electron chi connectivity index (χ4n) is 1.38. The van der Waals surface area contributed by atoms with Gasteiger partial charge in [-0.15, -0.1) is 0 Å². The highest BCUT2D eigenvalue weighted by Crippen LogP contribution is 2.17. The van der Waals surface area contributed by atoms with Gasteiger partial charge in [-0.1, -0.05) is 12.1 Å². The Bertz CT molecular complexity index is 637. The maximum absolute atomic E-state index is 12.1. The lowest BCUT2D eigenvalue weighted by molar-refractivity contribution is 0.587. The van der Waals surface area contributed by atoms with Crippen molar-refractivity contribution in [2.45, 2.75) is 4.90 Å². The number of nitrogens with zero attached hydrogens (tertiary/aromatic N) is 2. The highest BCUT2D eigenvalue weighted by atomic mass is 32.2. The molecule has 1 aromatic carbocycles.